The summed E-state index contributed by atoms with van der Waals surface area (Å²) in [5.74, 6) is -0.148. The number of ketones is 1. The minimum Gasteiger partial charge on any atom is -0.289 e. The second kappa shape index (κ2) is 7.33. The molecule has 0 amide bonds. The van der Waals surface area contributed by atoms with Crippen LogP contribution >= 0.6 is 0 Å². The number of carbonyl (C=O) groups is 1. The molecule has 4 nitrogen and oxygen atoms in total. The summed E-state index contributed by atoms with van der Waals surface area (Å²) in [6.07, 6.45) is 5.07. The zero-order valence-corrected chi connectivity index (χ0v) is 15.0. The van der Waals surface area contributed by atoms with Crippen molar-refractivity contribution in [3.8, 4) is 0 Å². The molecule has 0 unspecified atom stereocenters. The van der Waals surface area contributed by atoms with Crippen molar-refractivity contribution in [2.75, 3.05) is 13.1 Å². The van der Waals surface area contributed by atoms with Crippen LogP contribution in [0.2, 0.25) is 0 Å². The van der Waals surface area contributed by atoms with Crippen LogP contribution in [-0.4, -0.2) is 31.6 Å². The zero-order valence-electron chi connectivity index (χ0n) is 14.2. The summed E-state index contributed by atoms with van der Waals surface area (Å²) in [6, 6.07) is 14.1. The van der Waals surface area contributed by atoms with Gasteiger partial charge in [0.2, 0.25) is 10.0 Å². The summed E-state index contributed by atoms with van der Waals surface area (Å²) in [5, 5.41) is 0. The van der Waals surface area contributed by atoms with Crippen molar-refractivity contribution in [3.05, 3.63) is 71.3 Å². The Labute approximate surface area is 148 Å². The summed E-state index contributed by atoms with van der Waals surface area (Å²) in [5.41, 5.74) is 2.59. The van der Waals surface area contributed by atoms with Crippen LogP contribution < -0.4 is 0 Å². The molecule has 0 radical (unpaired) electrons. The lowest BCUT2D eigenvalue weighted by atomic mass is 10.1. The fourth-order valence-corrected chi connectivity index (χ4v) is 4.33. The Morgan fingerprint density at radius 2 is 1.56 bits per heavy atom. The first kappa shape index (κ1) is 17.6. The second-order valence-corrected chi connectivity index (χ2v) is 8.18. The van der Waals surface area contributed by atoms with Gasteiger partial charge in [-0.15, -0.1) is 0 Å². The van der Waals surface area contributed by atoms with Gasteiger partial charge in [0, 0.05) is 18.7 Å². The SMILES string of the molecule is Cc1ccc(/C=C/C(=O)c2ccc(S(=O)(=O)N3CCCC3)cc2)cc1. The van der Waals surface area contributed by atoms with Crippen molar-refractivity contribution in [3.63, 3.8) is 0 Å². The second-order valence-electron chi connectivity index (χ2n) is 6.24. The van der Waals surface area contributed by atoms with Gasteiger partial charge in [0.05, 0.1) is 4.90 Å². The molecule has 1 heterocycles. The fourth-order valence-electron chi connectivity index (χ4n) is 2.81. The molecule has 0 N–H and O–H groups in total. The average molecular weight is 355 g/mol. The predicted molar refractivity (Wildman–Crippen MR) is 99.0 cm³/mol. The number of aryl methyl sites for hydroxylation is 1. The first-order valence-corrected chi connectivity index (χ1v) is 9.80. The quantitative estimate of drug-likeness (QED) is 0.607. The zero-order chi connectivity index (χ0) is 17.9. The molecule has 2 aromatic rings. The Kier molecular flexibility index (Phi) is 5.16. The summed E-state index contributed by atoms with van der Waals surface area (Å²) < 4.78 is 26.5. The Balaban J connectivity index is 1.73. The van der Waals surface area contributed by atoms with E-state index in [1.165, 1.54) is 28.1 Å². The highest BCUT2D eigenvalue weighted by Crippen LogP contribution is 2.21. The first-order valence-electron chi connectivity index (χ1n) is 8.36. The smallest absolute Gasteiger partial charge is 0.243 e. The van der Waals surface area contributed by atoms with Gasteiger partial charge in [0.1, 0.15) is 0 Å². The van der Waals surface area contributed by atoms with Gasteiger partial charge in [0.25, 0.3) is 0 Å². The number of allylic oxidation sites excluding steroid dienone is 1. The lowest BCUT2D eigenvalue weighted by Crippen LogP contribution is -2.27. The van der Waals surface area contributed by atoms with E-state index in [4.69, 9.17) is 0 Å². The van der Waals surface area contributed by atoms with Crippen molar-refractivity contribution in [2.24, 2.45) is 0 Å². The average Bonchev–Trinajstić information content (AvgIpc) is 3.16. The maximum Gasteiger partial charge on any atom is 0.243 e. The normalized spacial score (nSPS) is 15.7. The van der Waals surface area contributed by atoms with Crippen molar-refractivity contribution < 1.29 is 13.2 Å². The molecule has 0 atom stereocenters. The minimum atomic E-state index is -3.44. The van der Waals surface area contributed by atoms with Crippen LogP contribution in [0.3, 0.4) is 0 Å². The van der Waals surface area contributed by atoms with Gasteiger partial charge in [0.15, 0.2) is 5.78 Å². The minimum absolute atomic E-state index is 0.148. The van der Waals surface area contributed by atoms with E-state index in [2.05, 4.69) is 0 Å². The third-order valence-corrected chi connectivity index (χ3v) is 6.26. The highest BCUT2D eigenvalue weighted by molar-refractivity contribution is 7.89. The van der Waals surface area contributed by atoms with Crippen molar-refractivity contribution in [1.29, 1.82) is 0 Å². The van der Waals surface area contributed by atoms with Gasteiger partial charge in [-0.3, -0.25) is 4.79 Å². The number of benzene rings is 2. The van der Waals surface area contributed by atoms with E-state index in [0.29, 0.717) is 18.7 Å². The van der Waals surface area contributed by atoms with E-state index >= 15 is 0 Å². The molecule has 1 fully saturated rings. The molecule has 0 saturated carbocycles. The lowest BCUT2D eigenvalue weighted by molar-refractivity contribution is 0.104. The topological polar surface area (TPSA) is 54.5 Å². The molecule has 2 aromatic carbocycles. The monoisotopic (exact) mass is 355 g/mol. The van der Waals surface area contributed by atoms with E-state index in [1.807, 2.05) is 31.2 Å². The van der Waals surface area contributed by atoms with Crippen LogP contribution in [0, 0.1) is 6.92 Å². The molecule has 0 spiro atoms. The maximum atomic E-state index is 12.5. The summed E-state index contributed by atoms with van der Waals surface area (Å²) in [4.78, 5) is 12.5. The molecule has 1 saturated heterocycles. The van der Waals surface area contributed by atoms with Gasteiger partial charge in [-0.1, -0.05) is 35.9 Å². The van der Waals surface area contributed by atoms with Crippen LogP contribution in [0.15, 0.2) is 59.5 Å². The Bertz CT molecular complexity index is 876. The predicted octanol–water partition coefficient (Wildman–Crippen LogP) is 3.68. The van der Waals surface area contributed by atoms with Gasteiger partial charge < -0.3 is 0 Å². The molecular formula is C20H21NO3S. The molecule has 0 aliphatic carbocycles. The molecule has 5 heteroatoms. The van der Waals surface area contributed by atoms with E-state index in [-0.39, 0.29) is 10.7 Å². The number of hydrogen-bond acceptors (Lipinski definition) is 3. The van der Waals surface area contributed by atoms with Crippen LogP contribution in [-0.2, 0) is 10.0 Å². The third-order valence-electron chi connectivity index (χ3n) is 4.35. The Hall–Kier alpha value is -2.24. The largest absolute Gasteiger partial charge is 0.289 e. The lowest BCUT2D eigenvalue weighted by Gasteiger charge is -2.15. The molecule has 0 bridgehead atoms. The highest BCUT2D eigenvalue weighted by Gasteiger charge is 2.26. The number of carbonyl (C=O) groups excluding carboxylic acids is 1. The van der Waals surface area contributed by atoms with E-state index < -0.39 is 10.0 Å². The fraction of sp³-hybridized carbons (Fsp3) is 0.250. The van der Waals surface area contributed by atoms with Crippen molar-refractivity contribution in [1.82, 2.24) is 4.31 Å². The van der Waals surface area contributed by atoms with Gasteiger partial charge >= 0.3 is 0 Å². The van der Waals surface area contributed by atoms with Crippen LogP contribution in [0.5, 0.6) is 0 Å². The first-order chi connectivity index (χ1) is 12.0. The molecular weight excluding hydrogens is 334 g/mol. The molecule has 3 rings (SSSR count). The highest BCUT2D eigenvalue weighted by atomic mass is 32.2. The molecule has 130 valence electrons. The molecule has 1 aliphatic heterocycles. The van der Waals surface area contributed by atoms with Crippen molar-refractivity contribution in [2.45, 2.75) is 24.7 Å². The number of nitrogens with zero attached hydrogens (tertiary/aromatic N) is 1. The van der Waals surface area contributed by atoms with Crippen LogP contribution in [0.25, 0.3) is 6.08 Å². The number of hydrogen-bond donors (Lipinski definition) is 0. The maximum absolute atomic E-state index is 12.5. The van der Waals surface area contributed by atoms with E-state index in [9.17, 15) is 13.2 Å². The molecule has 25 heavy (non-hydrogen) atoms. The standard InChI is InChI=1S/C20H21NO3S/c1-16-4-6-17(7-5-16)8-13-20(22)18-9-11-19(12-10-18)25(23,24)21-14-2-3-15-21/h4-13H,2-3,14-15H2,1H3/b13-8+. The third kappa shape index (κ3) is 4.06. The van der Waals surface area contributed by atoms with Gasteiger partial charge in [-0.25, -0.2) is 8.42 Å². The Morgan fingerprint density at radius 1 is 0.960 bits per heavy atom. The number of rotatable bonds is 5. The molecule has 1 aliphatic rings. The summed E-state index contributed by atoms with van der Waals surface area (Å²) >= 11 is 0. The van der Waals surface area contributed by atoms with Crippen LogP contribution in [0.1, 0.15) is 34.3 Å². The van der Waals surface area contributed by atoms with E-state index in [0.717, 1.165) is 18.4 Å². The van der Waals surface area contributed by atoms with Gasteiger partial charge in [-0.2, -0.15) is 4.31 Å². The summed E-state index contributed by atoms with van der Waals surface area (Å²) in [7, 11) is -3.44. The van der Waals surface area contributed by atoms with Gasteiger partial charge in [-0.05, 0) is 55.7 Å². The summed E-state index contributed by atoms with van der Waals surface area (Å²) in [6.45, 7) is 3.15. The number of sulfonamides is 1. The Morgan fingerprint density at radius 3 is 2.16 bits per heavy atom. The van der Waals surface area contributed by atoms with Crippen LogP contribution in [0.4, 0.5) is 0 Å². The molecule has 0 aromatic heterocycles. The van der Waals surface area contributed by atoms with E-state index in [1.54, 1.807) is 18.2 Å². The van der Waals surface area contributed by atoms with Crippen molar-refractivity contribution >= 4 is 21.9 Å².